The van der Waals surface area contributed by atoms with E-state index in [1.165, 1.54) is 19.1 Å². The molecule has 0 saturated carbocycles. The smallest absolute Gasteiger partial charge is 0.169 e. The zero-order chi connectivity index (χ0) is 14.1. The van der Waals surface area contributed by atoms with Crippen molar-refractivity contribution in [3.63, 3.8) is 0 Å². The molecular formula is C10H16N8O2. The maximum absolute atomic E-state index is 4.65. The average molecular weight is 280 g/mol. The molecule has 0 saturated heterocycles. The van der Waals surface area contributed by atoms with Crippen LogP contribution in [0.1, 0.15) is 0 Å². The van der Waals surface area contributed by atoms with Gasteiger partial charge in [0.05, 0.1) is 13.1 Å². The van der Waals surface area contributed by atoms with Crippen molar-refractivity contribution in [2.24, 2.45) is 9.98 Å². The maximum Gasteiger partial charge on any atom is 0.169 e. The number of rotatable bonds is 0. The molecule has 0 fully saturated rings. The molecule has 0 atom stereocenters. The summed E-state index contributed by atoms with van der Waals surface area (Å²) in [5.41, 5.74) is 0. The highest BCUT2D eigenvalue weighted by atomic mass is 16.5. The maximum atomic E-state index is 4.65. The van der Waals surface area contributed by atoms with Crippen LogP contribution < -0.4 is 0 Å². The molecule has 0 bridgehead atoms. The SMILES string of the molecule is C1=NCCO1.C1=NCCO1.c1cn[nH]c1.c1nn[nH]n1. The number of nitrogens with zero attached hydrogens (tertiary/aromatic N) is 6. The Balaban J connectivity index is 0.000000133. The number of H-pyrrole nitrogens is 2. The van der Waals surface area contributed by atoms with Gasteiger partial charge in [-0.25, -0.2) is 0 Å². The Labute approximate surface area is 115 Å². The fourth-order valence-corrected chi connectivity index (χ4v) is 0.871. The van der Waals surface area contributed by atoms with E-state index >= 15 is 0 Å². The van der Waals surface area contributed by atoms with Gasteiger partial charge in [-0.15, -0.1) is 10.2 Å². The molecule has 0 unspecified atom stereocenters. The van der Waals surface area contributed by atoms with Gasteiger partial charge in [-0.1, -0.05) is 5.21 Å². The molecule has 2 aliphatic rings. The van der Waals surface area contributed by atoms with Crippen LogP contribution in [0.3, 0.4) is 0 Å². The summed E-state index contributed by atoms with van der Waals surface area (Å²) >= 11 is 0. The van der Waals surface area contributed by atoms with Crippen molar-refractivity contribution in [3.8, 4) is 0 Å². The number of tetrazole rings is 1. The molecule has 2 N–H and O–H groups in total. The second-order valence-corrected chi connectivity index (χ2v) is 3.09. The van der Waals surface area contributed by atoms with Crippen LogP contribution in [0.15, 0.2) is 34.8 Å². The van der Waals surface area contributed by atoms with Crippen molar-refractivity contribution in [1.29, 1.82) is 0 Å². The summed E-state index contributed by atoms with van der Waals surface area (Å²) in [5, 5.41) is 18.4. The van der Waals surface area contributed by atoms with Crippen LogP contribution in [-0.2, 0) is 9.47 Å². The monoisotopic (exact) mass is 280 g/mol. The van der Waals surface area contributed by atoms with Crippen molar-refractivity contribution in [2.75, 3.05) is 26.3 Å². The molecule has 0 amide bonds. The van der Waals surface area contributed by atoms with E-state index in [1.807, 2.05) is 6.07 Å². The molecule has 108 valence electrons. The van der Waals surface area contributed by atoms with Crippen molar-refractivity contribution < 1.29 is 9.47 Å². The molecule has 2 aromatic heterocycles. The molecule has 10 heteroatoms. The van der Waals surface area contributed by atoms with Gasteiger partial charge in [0.2, 0.25) is 0 Å². The molecule has 0 aliphatic carbocycles. The summed E-state index contributed by atoms with van der Waals surface area (Å²) in [6.07, 6.45) is 7.76. The number of hydrogen-bond donors (Lipinski definition) is 2. The fraction of sp³-hybridized carbons (Fsp3) is 0.400. The van der Waals surface area contributed by atoms with E-state index in [-0.39, 0.29) is 0 Å². The standard InChI is InChI=1S/C3H4N2.2C3H5NO.CH2N4/c1-2-4-5-3-1;2*1-2-5-3-4-1;1-2-4-5-3-1/h1-3H,(H,4,5);2*3H,1-2H2;1H,(H,2,3,4,5). The summed E-state index contributed by atoms with van der Waals surface area (Å²) in [6.45, 7) is 3.25. The molecule has 2 aliphatic heterocycles. The number of aromatic nitrogens is 6. The van der Waals surface area contributed by atoms with Crippen LogP contribution in [0.25, 0.3) is 0 Å². The normalized spacial score (nSPS) is 13.6. The van der Waals surface area contributed by atoms with Crippen LogP contribution in [0.5, 0.6) is 0 Å². The topological polar surface area (TPSA) is 126 Å². The van der Waals surface area contributed by atoms with Gasteiger partial charge in [-0.05, 0) is 6.07 Å². The van der Waals surface area contributed by atoms with Gasteiger partial charge in [0.15, 0.2) is 19.1 Å². The molecular weight excluding hydrogens is 264 g/mol. The molecule has 4 rings (SSSR count). The van der Waals surface area contributed by atoms with E-state index in [0.29, 0.717) is 0 Å². The first-order chi connectivity index (χ1) is 10.0. The first kappa shape index (κ1) is 15.3. The predicted octanol–water partition coefficient (Wildman–Crippen LogP) is -0.301. The summed E-state index contributed by atoms with van der Waals surface area (Å²) in [6, 6.07) is 1.83. The zero-order valence-electron chi connectivity index (χ0n) is 10.8. The number of hydrogen-bond acceptors (Lipinski definition) is 8. The third kappa shape index (κ3) is 10.4. The van der Waals surface area contributed by atoms with E-state index < -0.39 is 0 Å². The minimum absolute atomic E-state index is 0.778. The second kappa shape index (κ2) is 12.7. The van der Waals surface area contributed by atoms with Crippen molar-refractivity contribution in [3.05, 3.63) is 24.8 Å². The first-order valence-electron chi connectivity index (χ1n) is 5.80. The predicted molar refractivity (Wildman–Crippen MR) is 71.4 cm³/mol. The Morgan fingerprint density at radius 1 is 0.950 bits per heavy atom. The molecule has 10 nitrogen and oxygen atoms in total. The lowest BCUT2D eigenvalue weighted by Crippen LogP contribution is -1.80. The summed E-state index contributed by atoms with van der Waals surface area (Å²) in [5.74, 6) is 0. The van der Waals surface area contributed by atoms with Gasteiger partial charge >= 0.3 is 0 Å². The average Bonchev–Trinajstić information content (AvgIpc) is 3.40. The second-order valence-electron chi connectivity index (χ2n) is 3.09. The number of aromatic amines is 2. The number of nitrogens with one attached hydrogen (secondary N) is 2. The van der Waals surface area contributed by atoms with E-state index in [1.54, 1.807) is 12.4 Å². The van der Waals surface area contributed by atoms with E-state index in [9.17, 15) is 0 Å². The van der Waals surface area contributed by atoms with Crippen LogP contribution in [0, 0.1) is 0 Å². The van der Waals surface area contributed by atoms with Gasteiger partial charge in [0, 0.05) is 12.4 Å². The van der Waals surface area contributed by atoms with Gasteiger partial charge in [0.1, 0.15) is 13.2 Å². The minimum Gasteiger partial charge on any atom is -0.482 e. The van der Waals surface area contributed by atoms with Crippen molar-refractivity contribution in [1.82, 2.24) is 30.8 Å². The summed E-state index contributed by atoms with van der Waals surface area (Å²) in [4.78, 5) is 7.47. The van der Waals surface area contributed by atoms with Gasteiger partial charge in [0.25, 0.3) is 0 Å². The fourth-order valence-electron chi connectivity index (χ4n) is 0.871. The molecule has 20 heavy (non-hydrogen) atoms. The molecule has 0 radical (unpaired) electrons. The Bertz CT molecular complexity index is 339. The lowest BCUT2D eigenvalue weighted by molar-refractivity contribution is 0.361. The number of ether oxygens (including phenoxy) is 2. The summed E-state index contributed by atoms with van der Waals surface area (Å²) < 4.78 is 9.31. The highest BCUT2D eigenvalue weighted by Gasteiger charge is 1.85. The van der Waals surface area contributed by atoms with E-state index in [2.05, 4.69) is 50.3 Å². The Morgan fingerprint density at radius 2 is 1.70 bits per heavy atom. The van der Waals surface area contributed by atoms with Crippen LogP contribution >= 0.6 is 0 Å². The molecule has 4 heterocycles. The Kier molecular flexibility index (Phi) is 9.68. The molecule has 2 aromatic rings. The Morgan fingerprint density at radius 3 is 1.85 bits per heavy atom. The van der Waals surface area contributed by atoms with Crippen LogP contribution in [0.2, 0.25) is 0 Å². The zero-order valence-corrected chi connectivity index (χ0v) is 10.8. The van der Waals surface area contributed by atoms with Gasteiger partial charge in [-0.3, -0.25) is 15.1 Å². The summed E-state index contributed by atoms with van der Waals surface area (Å²) in [7, 11) is 0. The molecule has 0 spiro atoms. The van der Waals surface area contributed by atoms with Crippen LogP contribution in [0.4, 0.5) is 0 Å². The quantitative estimate of drug-likeness (QED) is 0.682. The van der Waals surface area contributed by atoms with Crippen molar-refractivity contribution in [2.45, 2.75) is 0 Å². The van der Waals surface area contributed by atoms with E-state index in [0.717, 1.165) is 26.3 Å². The van der Waals surface area contributed by atoms with E-state index in [4.69, 9.17) is 0 Å². The van der Waals surface area contributed by atoms with Crippen LogP contribution in [-0.4, -0.2) is 69.9 Å². The number of aliphatic imine (C=N–C) groups is 2. The lowest BCUT2D eigenvalue weighted by Gasteiger charge is -1.76. The third-order valence-electron chi connectivity index (χ3n) is 1.65. The third-order valence-corrected chi connectivity index (χ3v) is 1.65. The lowest BCUT2D eigenvalue weighted by atomic mass is 10.8. The largest absolute Gasteiger partial charge is 0.482 e. The first-order valence-corrected chi connectivity index (χ1v) is 5.80. The van der Waals surface area contributed by atoms with Gasteiger partial charge in [-0.2, -0.15) is 10.3 Å². The molecule has 0 aromatic carbocycles. The minimum atomic E-state index is 0.778. The Hall–Kier alpha value is -2.78. The highest BCUT2D eigenvalue weighted by molar-refractivity contribution is 5.48. The van der Waals surface area contributed by atoms with Gasteiger partial charge < -0.3 is 9.47 Å². The highest BCUT2D eigenvalue weighted by Crippen LogP contribution is 1.79. The van der Waals surface area contributed by atoms with Crippen molar-refractivity contribution >= 4 is 12.8 Å².